The number of morpholine rings is 1. The van der Waals surface area contributed by atoms with Gasteiger partial charge in [-0.1, -0.05) is 0 Å². The molecule has 33 heavy (non-hydrogen) atoms. The highest BCUT2D eigenvalue weighted by Gasteiger charge is 2.20. The number of hydrogen-bond acceptors (Lipinski definition) is 11. The number of anilines is 2. The zero-order chi connectivity index (χ0) is 23.4. The first-order valence-corrected chi connectivity index (χ1v) is 11.8. The lowest BCUT2D eigenvalue weighted by Gasteiger charge is -2.27. The Morgan fingerprint density at radius 2 is 1.73 bits per heavy atom. The Morgan fingerprint density at radius 1 is 1.03 bits per heavy atom. The van der Waals surface area contributed by atoms with Gasteiger partial charge in [0.1, 0.15) is 0 Å². The fourth-order valence-electron chi connectivity index (χ4n) is 3.44. The number of likely N-dealkylation sites (N-methyl/N-ethyl adjacent to an activating group) is 2. The van der Waals surface area contributed by atoms with E-state index < -0.39 is 0 Å². The van der Waals surface area contributed by atoms with Crippen LogP contribution < -0.4 is 10.6 Å². The van der Waals surface area contributed by atoms with Gasteiger partial charge >= 0.3 is 0 Å². The first kappa shape index (κ1) is 23.4. The van der Waals surface area contributed by atoms with Crippen molar-refractivity contribution >= 4 is 23.2 Å². The Balaban J connectivity index is 1.66. The topological polar surface area (TPSA) is 109 Å². The molecule has 0 saturated carbocycles. The smallest absolute Gasteiger partial charge is 0.229 e. The molecule has 10 nitrogen and oxygen atoms in total. The van der Waals surface area contributed by atoms with E-state index in [9.17, 15) is 0 Å². The SMILES string of the molecule is Cc1cc(-c2nc(-c3cnc(N)nc3)nc(N3CCOCC3)n2)sc1CN(C)CCN(C)C. The van der Waals surface area contributed by atoms with E-state index >= 15 is 0 Å². The Bertz CT molecular complexity index is 1060. The molecule has 1 aliphatic heterocycles. The molecule has 1 aliphatic rings. The number of nitrogens with zero attached hydrogens (tertiary/aromatic N) is 8. The molecule has 4 rings (SSSR count). The van der Waals surface area contributed by atoms with Gasteiger partial charge in [-0.25, -0.2) is 15.0 Å². The van der Waals surface area contributed by atoms with Gasteiger partial charge in [0.25, 0.3) is 0 Å². The van der Waals surface area contributed by atoms with E-state index in [1.165, 1.54) is 10.4 Å². The number of rotatable bonds is 8. The summed E-state index contributed by atoms with van der Waals surface area (Å²) >= 11 is 1.73. The fraction of sp³-hybridized carbons (Fsp3) is 0.500. The predicted octanol–water partition coefficient (Wildman–Crippen LogP) is 1.78. The highest BCUT2D eigenvalue weighted by molar-refractivity contribution is 7.15. The van der Waals surface area contributed by atoms with Crippen LogP contribution in [0.15, 0.2) is 18.5 Å². The first-order valence-electron chi connectivity index (χ1n) is 11.0. The largest absolute Gasteiger partial charge is 0.378 e. The maximum absolute atomic E-state index is 5.67. The Morgan fingerprint density at radius 3 is 2.42 bits per heavy atom. The van der Waals surface area contributed by atoms with Gasteiger partial charge < -0.3 is 25.2 Å². The number of hydrogen-bond donors (Lipinski definition) is 1. The summed E-state index contributed by atoms with van der Waals surface area (Å²) in [5, 5.41) is 0. The number of ether oxygens (including phenoxy) is 1. The Hall–Kier alpha value is -2.73. The van der Waals surface area contributed by atoms with Crippen LogP contribution >= 0.6 is 11.3 Å². The number of nitrogens with two attached hydrogens (primary N) is 1. The lowest BCUT2D eigenvalue weighted by molar-refractivity contribution is 0.122. The summed E-state index contributed by atoms with van der Waals surface area (Å²) < 4.78 is 5.50. The summed E-state index contributed by atoms with van der Waals surface area (Å²) in [6.45, 7) is 7.87. The maximum atomic E-state index is 5.67. The molecule has 0 aromatic carbocycles. The molecule has 0 amide bonds. The van der Waals surface area contributed by atoms with Gasteiger partial charge in [0.05, 0.1) is 23.7 Å². The minimum absolute atomic E-state index is 0.221. The number of aryl methyl sites for hydroxylation is 1. The highest BCUT2D eigenvalue weighted by Crippen LogP contribution is 2.32. The monoisotopic (exact) mass is 469 g/mol. The van der Waals surface area contributed by atoms with Gasteiger partial charge in [0.2, 0.25) is 11.9 Å². The molecular weight excluding hydrogens is 438 g/mol. The normalized spacial score (nSPS) is 14.4. The van der Waals surface area contributed by atoms with Crippen LogP contribution in [0, 0.1) is 6.92 Å². The number of thiophene rings is 1. The second kappa shape index (κ2) is 10.5. The van der Waals surface area contributed by atoms with Gasteiger partial charge in [-0.05, 0) is 39.7 Å². The zero-order valence-corrected chi connectivity index (χ0v) is 20.5. The molecule has 1 fully saturated rings. The van der Waals surface area contributed by atoms with Crippen LogP contribution in [-0.2, 0) is 11.3 Å². The van der Waals surface area contributed by atoms with Gasteiger partial charge in [-0.3, -0.25) is 0 Å². The van der Waals surface area contributed by atoms with Crippen LogP contribution in [0.25, 0.3) is 22.1 Å². The van der Waals surface area contributed by atoms with Crippen molar-refractivity contribution in [3.63, 3.8) is 0 Å². The van der Waals surface area contributed by atoms with E-state index in [1.807, 2.05) is 0 Å². The lowest BCUT2D eigenvalue weighted by atomic mass is 10.2. The van der Waals surface area contributed by atoms with E-state index in [2.05, 4.69) is 58.8 Å². The molecule has 2 N–H and O–H groups in total. The lowest BCUT2D eigenvalue weighted by Crippen LogP contribution is -2.37. The molecule has 0 radical (unpaired) electrons. The van der Waals surface area contributed by atoms with E-state index in [4.69, 9.17) is 25.4 Å². The van der Waals surface area contributed by atoms with Crippen LogP contribution in [0.3, 0.4) is 0 Å². The van der Waals surface area contributed by atoms with Crippen LogP contribution in [0.1, 0.15) is 10.4 Å². The predicted molar refractivity (Wildman–Crippen MR) is 131 cm³/mol. The van der Waals surface area contributed by atoms with Crippen LogP contribution in [-0.4, -0.2) is 95.3 Å². The van der Waals surface area contributed by atoms with Crippen molar-refractivity contribution < 1.29 is 4.74 Å². The van der Waals surface area contributed by atoms with Crippen molar-refractivity contribution in [2.24, 2.45) is 0 Å². The van der Waals surface area contributed by atoms with Crippen LogP contribution in [0.4, 0.5) is 11.9 Å². The standard InChI is InChI=1S/C22H31N9OS/c1-15-11-17(33-18(15)14-30(4)6-5-29(2)3)20-26-19(16-12-24-21(23)25-13-16)27-22(28-20)31-7-9-32-10-8-31/h11-13H,5-10,14H2,1-4H3,(H2,23,24,25). The summed E-state index contributed by atoms with van der Waals surface area (Å²) in [6.07, 6.45) is 3.30. The Kier molecular flexibility index (Phi) is 7.43. The summed E-state index contributed by atoms with van der Waals surface area (Å²) in [6, 6.07) is 2.17. The minimum atomic E-state index is 0.221. The van der Waals surface area contributed by atoms with Gasteiger partial charge in [-0.2, -0.15) is 9.97 Å². The second-order valence-electron chi connectivity index (χ2n) is 8.47. The van der Waals surface area contributed by atoms with Crippen molar-refractivity contribution in [2.45, 2.75) is 13.5 Å². The van der Waals surface area contributed by atoms with E-state index in [1.54, 1.807) is 23.7 Å². The molecule has 0 bridgehead atoms. The van der Waals surface area contributed by atoms with Gasteiger partial charge in [0.15, 0.2) is 11.6 Å². The number of nitrogen functional groups attached to an aromatic ring is 1. The Labute approximate surface area is 198 Å². The average molecular weight is 470 g/mol. The van der Waals surface area contributed by atoms with E-state index in [-0.39, 0.29) is 5.95 Å². The maximum Gasteiger partial charge on any atom is 0.229 e. The van der Waals surface area contributed by atoms with Crippen LogP contribution in [0.5, 0.6) is 0 Å². The van der Waals surface area contributed by atoms with Crippen LogP contribution in [0.2, 0.25) is 0 Å². The van der Waals surface area contributed by atoms with Gasteiger partial charge in [-0.15, -0.1) is 11.3 Å². The molecule has 3 aromatic heterocycles. The molecule has 1 saturated heterocycles. The number of aromatic nitrogens is 5. The summed E-state index contributed by atoms with van der Waals surface area (Å²) in [5.74, 6) is 2.06. The molecule has 176 valence electrons. The summed E-state index contributed by atoms with van der Waals surface area (Å²) in [4.78, 5) is 31.6. The van der Waals surface area contributed by atoms with E-state index in [0.29, 0.717) is 36.4 Å². The van der Waals surface area contributed by atoms with Crippen molar-refractivity contribution in [1.82, 2.24) is 34.7 Å². The third kappa shape index (κ3) is 5.99. The molecule has 4 heterocycles. The second-order valence-corrected chi connectivity index (χ2v) is 9.61. The zero-order valence-electron chi connectivity index (χ0n) is 19.7. The quantitative estimate of drug-likeness (QED) is 0.524. The molecule has 0 aliphatic carbocycles. The molecular formula is C22H31N9OS. The molecule has 11 heteroatoms. The average Bonchev–Trinajstić information content (AvgIpc) is 3.18. The minimum Gasteiger partial charge on any atom is -0.378 e. The first-order chi connectivity index (χ1) is 15.9. The summed E-state index contributed by atoms with van der Waals surface area (Å²) in [5.41, 5.74) is 7.62. The third-order valence-electron chi connectivity index (χ3n) is 5.43. The molecule has 0 atom stereocenters. The van der Waals surface area contributed by atoms with Crippen molar-refractivity contribution in [1.29, 1.82) is 0 Å². The molecule has 0 spiro atoms. The molecule has 3 aromatic rings. The highest BCUT2D eigenvalue weighted by atomic mass is 32.1. The van der Waals surface area contributed by atoms with Crippen molar-refractivity contribution in [3.05, 3.63) is 28.9 Å². The van der Waals surface area contributed by atoms with Gasteiger partial charge in [0, 0.05) is 50.0 Å². The van der Waals surface area contributed by atoms with Crippen molar-refractivity contribution in [3.8, 4) is 22.1 Å². The fourth-order valence-corrected chi connectivity index (χ4v) is 4.63. The van der Waals surface area contributed by atoms with Crippen molar-refractivity contribution in [2.75, 3.05) is 71.2 Å². The summed E-state index contributed by atoms with van der Waals surface area (Å²) in [7, 11) is 6.35. The molecule has 0 unspecified atom stereocenters. The third-order valence-corrected chi connectivity index (χ3v) is 6.65. The van der Waals surface area contributed by atoms with E-state index in [0.717, 1.165) is 37.6 Å².